The van der Waals surface area contributed by atoms with E-state index in [0.717, 1.165) is 18.9 Å². The highest BCUT2D eigenvalue weighted by Crippen LogP contribution is 2.46. The van der Waals surface area contributed by atoms with Crippen LogP contribution in [0.25, 0.3) is 0 Å². The molecule has 2 nitrogen and oxygen atoms in total. The van der Waals surface area contributed by atoms with Gasteiger partial charge in [-0.3, -0.25) is 4.79 Å². The Kier molecular flexibility index (Phi) is 3.13. The molecule has 1 heterocycles. The summed E-state index contributed by atoms with van der Waals surface area (Å²) in [5.41, 5.74) is -0.0227. The van der Waals surface area contributed by atoms with Gasteiger partial charge in [0, 0.05) is 23.8 Å². The quantitative estimate of drug-likeness (QED) is 0.822. The third-order valence-electron chi connectivity index (χ3n) is 4.51. The summed E-state index contributed by atoms with van der Waals surface area (Å²) in [6.07, 6.45) is 2.59. The Bertz CT molecular complexity index is 499. The molecule has 2 fully saturated rings. The number of hydrogen-bond donors (Lipinski definition) is 0. The molecule has 102 valence electrons. The van der Waals surface area contributed by atoms with Crippen molar-refractivity contribution in [2.45, 2.75) is 31.1 Å². The van der Waals surface area contributed by atoms with Crippen LogP contribution in [-0.4, -0.2) is 19.0 Å². The molecule has 0 radical (unpaired) electrons. The molecule has 0 bridgehead atoms. The van der Waals surface area contributed by atoms with Gasteiger partial charge in [-0.2, -0.15) is 0 Å². The predicted octanol–water partition coefficient (Wildman–Crippen LogP) is 2.99. The van der Waals surface area contributed by atoms with Crippen LogP contribution < -0.4 is 0 Å². The summed E-state index contributed by atoms with van der Waals surface area (Å²) >= 11 is 0. The van der Waals surface area contributed by atoms with E-state index < -0.39 is 11.2 Å². The van der Waals surface area contributed by atoms with Crippen LogP contribution in [0.15, 0.2) is 18.2 Å². The van der Waals surface area contributed by atoms with Gasteiger partial charge in [0.15, 0.2) is 0 Å². The van der Waals surface area contributed by atoms with Gasteiger partial charge in [0.05, 0.1) is 13.2 Å². The second-order valence-corrected chi connectivity index (χ2v) is 5.59. The van der Waals surface area contributed by atoms with Crippen LogP contribution in [0, 0.1) is 17.6 Å². The van der Waals surface area contributed by atoms with Gasteiger partial charge in [-0.05, 0) is 37.0 Å². The lowest BCUT2D eigenvalue weighted by molar-refractivity contribution is -0.127. The Labute approximate surface area is 110 Å². The first-order valence-electron chi connectivity index (χ1n) is 6.67. The Morgan fingerprint density at radius 1 is 1.16 bits per heavy atom. The van der Waals surface area contributed by atoms with Crippen molar-refractivity contribution in [3.8, 4) is 0 Å². The highest BCUT2D eigenvalue weighted by Gasteiger charge is 2.49. The molecule has 1 saturated carbocycles. The van der Waals surface area contributed by atoms with E-state index in [1.807, 2.05) is 0 Å². The molecule has 2 aliphatic rings. The van der Waals surface area contributed by atoms with Gasteiger partial charge < -0.3 is 4.74 Å². The first-order valence-corrected chi connectivity index (χ1v) is 6.67. The third kappa shape index (κ3) is 2.08. The third-order valence-corrected chi connectivity index (χ3v) is 4.51. The fourth-order valence-corrected chi connectivity index (χ4v) is 3.30. The average molecular weight is 266 g/mol. The lowest BCUT2D eigenvalue weighted by Gasteiger charge is -2.49. The van der Waals surface area contributed by atoms with E-state index in [-0.39, 0.29) is 17.5 Å². The molecule has 0 aromatic heterocycles. The zero-order chi connectivity index (χ0) is 13.5. The van der Waals surface area contributed by atoms with Gasteiger partial charge >= 0.3 is 0 Å². The maximum Gasteiger partial charge on any atom is 0.132 e. The van der Waals surface area contributed by atoms with Gasteiger partial charge in [-0.25, -0.2) is 8.78 Å². The SMILES string of the molecule is O=C1CCC(C2(c3cc(F)ccc3F)COC2)CC1. The molecule has 0 spiro atoms. The summed E-state index contributed by atoms with van der Waals surface area (Å²) in [7, 11) is 0. The summed E-state index contributed by atoms with van der Waals surface area (Å²) < 4.78 is 32.7. The molecule has 4 heteroatoms. The number of benzene rings is 1. The normalized spacial score (nSPS) is 23.2. The molecule has 1 aromatic rings. The van der Waals surface area contributed by atoms with Crippen LogP contribution in [0.2, 0.25) is 0 Å². The predicted molar refractivity (Wildman–Crippen MR) is 65.8 cm³/mol. The van der Waals surface area contributed by atoms with Gasteiger partial charge in [0.1, 0.15) is 17.4 Å². The van der Waals surface area contributed by atoms with E-state index in [9.17, 15) is 13.6 Å². The van der Waals surface area contributed by atoms with Crippen molar-refractivity contribution >= 4 is 5.78 Å². The zero-order valence-electron chi connectivity index (χ0n) is 10.6. The average Bonchev–Trinajstić information content (AvgIpc) is 2.34. The maximum absolute atomic E-state index is 14.0. The number of carbonyl (C=O) groups excluding carboxylic acids is 1. The lowest BCUT2D eigenvalue weighted by Crippen LogP contribution is -2.53. The topological polar surface area (TPSA) is 26.3 Å². The van der Waals surface area contributed by atoms with Crippen molar-refractivity contribution < 1.29 is 18.3 Å². The number of halogens is 2. The molecule has 0 N–H and O–H groups in total. The number of ether oxygens (including phenoxy) is 1. The molecular formula is C15H16F2O2. The van der Waals surface area contributed by atoms with Crippen LogP contribution in [0.5, 0.6) is 0 Å². The molecule has 19 heavy (non-hydrogen) atoms. The van der Waals surface area contributed by atoms with E-state index >= 15 is 0 Å². The molecule has 1 aliphatic carbocycles. The Balaban J connectivity index is 1.94. The number of rotatable bonds is 2. The van der Waals surface area contributed by atoms with Crippen LogP contribution >= 0.6 is 0 Å². The molecule has 0 atom stereocenters. The van der Waals surface area contributed by atoms with E-state index in [2.05, 4.69) is 0 Å². The van der Waals surface area contributed by atoms with Gasteiger partial charge in [-0.1, -0.05) is 0 Å². The van der Waals surface area contributed by atoms with E-state index in [4.69, 9.17) is 4.74 Å². The van der Waals surface area contributed by atoms with E-state index in [0.29, 0.717) is 31.6 Å². The van der Waals surface area contributed by atoms with Gasteiger partial charge in [0.25, 0.3) is 0 Å². The second kappa shape index (κ2) is 4.67. The molecular weight excluding hydrogens is 250 g/mol. The van der Waals surface area contributed by atoms with E-state index in [1.54, 1.807) is 0 Å². The van der Waals surface area contributed by atoms with Crippen molar-refractivity contribution in [2.24, 2.45) is 5.92 Å². The second-order valence-electron chi connectivity index (χ2n) is 5.59. The Morgan fingerprint density at radius 2 is 1.84 bits per heavy atom. The molecule has 1 aromatic carbocycles. The van der Waals surface area contributed by atoms with Crippen LogP contribution in [0.3, 0.4) is 0 Å². The molecule has 0 amide bonds. The van der Waals surface area contributed by atoms with Crippen molar-refractivity contribution in [2.75, 3.05) is 13.2 Å². The molecule has 1 saturated heterocycles. The minimum Gasteiger partial charge on any atom is -0.379 e. The Hall–Kier alpha value is -1.29. The van der Waals surface area contributed by atoms with Crippen LogP contribution in [-0.2, 0) is 14.9 Å². The largest absolute Gasteiger partial charge is 0.379 e. The first kappa shape index (κ1) is 12.7. The number of carbonyl (C=O) groups is 1. The molecule has 3 rings (SSSR count). The van der Waals surface area contributed by atoms with Crippen molar-refractivity contribution in [1.82, 2.24) is 0 Å². The van der Waals surface area contributed by atoms with Crippen LogP contribution in [0.4, 0.5) is 8.78 Å². The first-order chi connectivity index (χ1) is 9.12. The summed E-state index contributed by atoms with van der Waals surface area (Å²) in [4.78, 5) is 11.3. The molecule has 0 unspecified atom stereocenters. The zero-order valence-corrected chi connectivity index (χ0v) is 10.6. The monoisotopic (exact) mass is 266 g/mol. The summed E-state index contributed by atoms with van der Waals surface area (Å²) in [5.74, 6) is -0.322. The molecule has 1 aliphatic heterocycles. The van der Waals surface area contributed by atoms with E-state index in [1.165, 1.54) is 12.1 Å². The lowest BCUT2D eigenvalue weighted by atomic mass is 9.63. The number of ketones is 1. The van der Waals surface area contributed by atoms with Crippen molar-refractivity contribution in [3.63, 3.8) is 0 Å². The van der Waals surface area contributed by atoms with Crippen molar-refractivity contribution in [1.29, 1.82) is 0 Å². The Morgan fingerprint density at radius 3 is 2.42 bits per heavy atom. The highest BCUT2D eigenvalue weighted by atomic mass is 19.1. The summed E-state index contributed by atoms with van der Waals surface area (Å²) in [6.45, 7) is 0.846. The van der Waals surface area contributed by atoms with Crippen LogP contribution in [0.1, 0.15) is 31.2 Å². The summed E-state index contributed by atoms with van der Waals surface area (Å²) in [6, 6.07) is 3.60. The number of hydrogen-bond acceptors (Lipinski definition) is 2. The number of Topliss-reactive ketones (excluding diaryl/α,β-unsaturated/α-hetero) is 1. The fourth-order valence-electron chi connectivity index (χ4n) is 3.30. The van der Waals surface area contributed by atoms with Crippen molar-refractivity contribution in [3.05, 3.63) is 35.4 Å². The minimum absolute atomic E-state index is 0.204. The minimum atomic E-state index is -0.438. The standard InChI is InChI=1S/C15H16F2O2/c16-11-3-6-14(17)13(7-11)15(8-19-9-15)10-1-4-12(18)5-2-10/h3,6-7,10H,1-2,4-5,8-9H2. The maximum atomic E-state index is 14.0. The fraction of sp³-hybridized carbons (Fsp3) is 0.533. The summed E-state index contributed by atoms with van der Waals surface area (Å²) in [5, 5.41) is 0. The highest BCUT2D eigenvalue weighted by molar-refractivity contribution is 5.79. The van der Waals surface area contributed by atoms with Gasteiger partial charge in [-0.15, -0.1) is 0 Å². The smallest absolute Gasteiger partial charge is 0.132 e. The van der Waals surface area contributed by atoms with Gasteiger partial charge in [0.2, 0.25) is 0 Å².